The topological polar surface area (TPSA) is 116 Å². The maximum Gasteiger partial charge on any atom is 0.253 e. The lowest BCUT2D eigenvalue weighted by Gasteiger charge is -2.16. The number of rotatable bonds is 3. The summed E-state index contributed by atoms with van der Waals surface area (Å²) < 4.78 is 3.28. The van der Waals surface area contributed by atoms with E-state index in [0.29, 0.717) is 22.2 Å². The number of hydrogen-bond acceptors (Lipinski definition) is 4. The molecule has 0 saturated heterocycles. The molecule has 1 saturated carbocycles. The van der Waals surface area contributed by atoms with Crippen molar-refractivity contribution in [2.45, 2.75) is 32.7 Å². The lowest BCUT2D eigenvalue weighted by Crippen LogP contribution is -2.18. The van der Waals surface area contributed by atoms with E-state index in [-0.39, 0.29) is 28.7 Å². The first-order chi connectivity index (χ1) is 12.3. The van der Waals surface area contributed by atoms with Gasteiger partial charge < -0.3 is 21.1 Å². The van der Waals surface area contributed by atoms with Crippen molar-refractivity contribution in [2.24, 2.45) is 5.73 Å². The minimum Gasteiger partial charge on any atom is -0.508 e. The molecular weight excluding hydrogens is 332 g/mol. The molecule has 0 spiro atoms. The number of nitrogens with two attached hydrogens (primary N) is 2. The number of aromatic nitrogens is 2. The number of amides is 1. The van der Waals surface area contributed by atoms with Gasteiger partial charge in [-0.2, -0.15) is 0 Å². The number of phenolic OH excluding ortho intramolecular Hbond substituents is 1. The molecule has 4 rings (SSSR count). The first-order valence-corrected chi connectivity index (χ1v) is 8.46. The highest BCUT2D eigenvalue weighted by Gasteiger charge is 2.28. The van der Waals surface area contributed by atoms with Crippen LogP contribution in [0.2, 0.25) is 0 Å². The van der Waals surface area contributed by atoms with Gasteiger partial charge in [-0.1, -0.05) is 6.07 Å². The van der Waals surface area contributed by atoms with Crippen LogP contribution in [-0.2, 0) is 0 Å². The molecule has 5 N–H and O–H groups in total. The quantitative estimate of drug-likeness (QED) is 0.669. The van der Waals surface area contributed by atoms with Crippen molar-refractivity contribution in [3.63, 3.8) is 0 Å². The van der Waals surface area contributed by atoms with Crippen molar-refractivity contribution in [3.05, 3.63) is 51.4 Å². The zero-order chi connectivity index (χ0) is 18.7. The molecule has 0 bridgehead atoms. The number of carbonyl (C=O) groups excluding carboxylic acids is 1. The van der Waals surface area contributed by atoms with Crippen LogP contribution in [0, 0.1) is 13.8 Å². The molecule has 26 heavy (non-hydrogen) atoms. The fraction of sp³-hybridized carbons (Fsp3) is 0.263. The number of aryl methyl sites for hydroxylation is 1. The van der Waals surface area contributed by atoms with Gasteiger partial charge in [-0.15, -0.1) is 0 Å². The third kappa shape index (κ3) is 2.20. The Hall–Kier alpha value is -3.22. The SMILES string of the molecule is Cc1ccc(O)c(C)c1-n1c(N)c(C(N)=O)c2cn(C3CC3)c(=O)cc21. The molecule has 1 aliphatic rings. The standard InChI is InChI=1S/C19H20N4O3/c1-9-3-6-14(24)10(2)17(9)23-13-7-15(25)22(11-4-5-11)8-12(13)16(18(23)20)19(21)26/h3,6-8,11,24H,4-5,20H2,1-2H3,(H2,21,26). The maximum atomic E-state index is 12.6. The van der Waals surface area contributed by atoms with Crippen molar-refractivity contribution < 1.29 is 9.90 Å². The fourth-order valence-electron chi connectivity index (χ4n) is 3.60. The molecule has 7 heteroatoms. The van der Waals surface area contributed by atoms with Crippen LogP contribution in [-0.4, -0.2) is 20.1 Å². The molecule has 1 aliphatic carbocycles. The number of primary amides is 1. The monoisotopic (exact) mass is 352 g/mol. The summed E-state index contributed by atoms with van der Waals surface area (Å²) >= 11 is 0. The first-order valence-electron chi connectivity index (χ1n) is 8.46. The number of fused-ring (bicyclic) bond motifs is 1. The molecule has 2 heterocycles. The number of aromatic hydroxyl groups is 1. The van der Waals surface area contributed by atoms with Crippen LogP contribution >= 0.6 is 0 Å². The number of hydrogen-bond donors (Lipinski definition) is 3. The van der Waals surface area contributed by atoms with E-state index in [1.54, 1.807) is 34.4 Å². The normalized spacial score (nSPS) is 14.1. The van der Waals surface area contributed by atoms with E-state index in [1.165, 1.54) is 6.07 Å². The van der Waals surface area contributed by atoms with Gasteiger partial charge in [0, 0.05) is 29.3 Å². The Bertz CT molecular complexity index is 1140. The number of pyridine rings is 1. The van der Waals surface area contributed by atoms with Crippen molar-refractivity contribution in [3.8, 4) is 11.4 Å². The second-order valence-electron chi connectivity index (χ2n) is 6.88. The Morgan fingerprint density at radius 2 is 1.96 bits per heavy atom. The van der Waals surface area contributed by atoms with Crippen LogP contribution < -0.4 is 17.0 Å². The van der Waals surface area contributed by atoms with Crippen LogP contribution in [0.4, 0.5) is 5.82 Å². The third-order valence-electron chi connectivity index (χ3n) is 5.08. The van der Waals surface area contributed by atoms with Gasteiger partial charge in [0.25, 0.3) is 11.5 Å². The molecule has 0 radical (unpaired) electrons. The molecular formula is C19H20N4O3. The second kappa shape index (κ2) is 5.39. The van der Waals surface area contributed by atoms with Crippen molar-refractivity contribution in [1.82, 2.24) is 9.13 Å². The van der Waals surface area contributed by atoms with E-state index in [2.05, 4.69) is 0 Å². The van der Waals surface area contributed by atoms with E-state index < -0.39 is 5.91 Å². The highest BCUT2D eigenvalue weighted by Crippen LogP contribution is 2.38. The van der Waals surface area contributed by atoms with Crippen molar-refractivity contribution in [2.75, 3.05) is 5.73 Å². The van der Waals surface area contributed by atoms with Crippen LogP contribution in [0.15, 0.2) is 29.2 Å². The molecule has 0 aliphatic heterocycles. The van der Waals surface area contributed by atoms with Crippen LogP contribution in [0.3, 0.4) is 0 Å². The highest BCUT2D eigenvalue weighted by atomic mass is 16.3. The number of nitrogens with zero attached hydrogens (tertiary/aromatic N) is 2. The van der Waals surface area contributed by atoms with Crippen molar-refractivity contribution >= 4 is 22.6 Å². The molecule has 134 valence electrons. The minimum absolute atomic E-state index is 0.110. The fourth-order valence-corrected chi connectivity index (χ4v) is 3.60. The third-order valence-corrected chi connectivity index (χ3v) is 5.08. The largest absolute Gasteiger partial charge is 0.508 e. The molecule has 1 amide bonds. The van der Waals surface area contributed by atoms with E-state index in [0.717, 1.165) is 18.4 Å². The van der Waals surface area contributed by atoms with Gasteiger partial charge in [0.2, 0.25) is 0 Å². The number of nitrogen functional groups attached to an aromatic ring is 1. The summed E-state index contributed by atoms with van der Waals surface area (Å²) in [4.78, 5) is 24.7. The maximum absolute atomic E-state index is 12.6. The minimum atomic E-state index is -0.650. The molecule has 7 nitrogen and oxygen atoms in total. The molecule has 0 atom stereocenters. The Morgan fingerprint density at radius 3 is 2.58 bits per heavy atom. The molecule has 3 aromatic rings. The van der Waals surface area contributed by atoms with Gasteiger partial charge >= 0.3 is 0 Å². The highest BCUT2D eigenvalue weighted by molar-refractivity contribution is 6.11. The number of carbonyl (C=O) groups is 1. The van der Waals surface area contributed by atoms with E-state index in [1.807, 2.05) is 6.92 Å². The Balaban J connectivity index is 2.16. The summed E-state index contributed by atoms with van der Waals surface area (Å²) in [5.74, 6) is -0.376. The summed E-state index contributed by atoms with van der Waals surface area (Å²) in [5, 5.41) is 10.7. The summed E-state index contributed by atoms with van der Waals surface area (Å²) in [5.41, 5.74) is 14.5. The molecule has 1 fully saturated rings. The van der Waals surface area contributed by atoms with Crippen molar-refractivity contribution in [1.29, 1.82) is 0 Å². The smallest absolute Gasteiger partial charge is 0.253 e. The average molecular weight is 352 g/mol. The first kappa shape index (κ1) is 16.3. The van der Waals surface area contributed by atoms with Gasteiger partial charge in [-0.3, -0.25) is 14.2 Å². The summed E-state index contributed by atoms with van der Waals surface area (Å²) in [7, 11) is 0. The summed E-state index contributed by atoms with van der Waals surface area (Å²) in [6.45, 7) is 3.64. The zero-order valence-corrected chi connectivity index (χ0v) is 14.6. The van der Waals surface area contributed by atoms with Gasteiger partial charge in [0.1, 0.15) is 11.6 Å². The zero-order valence-electron chi connectivity index (χ0n) is 14.6. The lowest BCUT2D eigenvalue weighted by atomic mass is 10.1. The van der Waals surface area contributed by atoms with Crippen LogP contribution in [0.25, 0.3) is 16.6 Å². The lowest BCUT2D eigenvalue weighted by molar-refractivity contribution is 0.100. The summed E-state index contributed by atoms with van der Waals surface area (Å²) in [6.07, 6.45) is 3.56. The van der Waals surface area contributed by atoms with Gasteiger partial charge in [-0.25, -0.2) is 0 Å². The number of phenols is 1. The Kier molecular flexibility index (Phi) is 3.37. The van der Waals surface area contributed by atoms with Gasteiger partial charge in [0.05, 0.1) is 16.8 Å². The van der Waals surface area contributed by atoms with Gasteiger partial charge in [-0.05, 0) is 38.3 Å². The number of anilines is 1. The predicted octanol–water partition coefficient (Wildman–Crippen LogP) is 2.13. The van der Waals surface area contributed by atoms with E-state index in [9.17, 15) is 14.7 Å². The van der Waals surface area contributed by atoms with E-state index in [4.69, 9.17) is 11.5 Å². The summed E-state index contributed by atoms with van der Waals surface area (Å²) in [6, 6.07) is 5.02. The Labute approximate surface area is 149 Å². The predicted molar refractivity (Wildman–Crippen MR) is 99.9 cm³/mol. The molecule has 0 unspecified atom stereocenters. The molecule has 1 aromatic carbocycles. The number of benzene rings is 1. The Morgan fingerprint density at radius 1 is 1.27 bits per heavy atom. The second-order valence-corrected chi connectivity index (χ2v) is 6.88. The van der Waals surface area contributed by atoms with Crippen LogP contribution in [0.1, 0.15) is 40.4 Å². The van der Waals surface area contributed by atoms with E-state index >= 15 is 0 Å². The van der Waals surface area contributed by atoms with Crippen LogP contribution in [0.5, 0.6) is 5.75 Å². The molecule has 2 aromatic heterocycles. The van der Waals surface area contributed by atoms with Gasteiger partial charge in [0.15, 0.2) is 0 Å². The average Bonchev–Trinajstić information content (AvgIpc) is 3.37.